The van der Waals surface area contributed by atoms with Gasteiger partial charge in [-0.25, -0.2) is 0 Å². The fourth-order valence-corrected chi connectivity index (χ4v) is 2.23. The van der Waals surface area contributed by atoms with Gasteiger partial charge in [0.05, 0.1) is 6.54 Å². The van der Waals surface area contributed by atoms with Crippen LogP contribution in [0.25, 0.3) is 10.9 Å². The number of nitrogens with zero attached hydrogens (tertiary/aromatic N) is 1. The predicted molar refractivity (Wildman–Crippen MR) is 78.6 cm³/mol. The number of hydrogen-bond acceptors (Lipinski definition) is 1. The Labute approximate surface area is 113 Å². The minimum Gasteiger partial charge on any atom is -0.492 e. The highest BCUT2D eigenvalue weighted by Crippen LogP contribution is 2.15. The van der Waals surface area contributed by atoms with E-state index in [2.05, 4.69) is 60.2 Å². The molecule has 1 heterocycles. The van der Waals surface area contributed by atoms with Crippen molar-refractivity contribution >= 4 is 10.9 Å². The number of aryl methyl sites for hydroxylation is 1. The zero-order chi connectivity index (χ0) is 13.1. The zero-order valence-electron chi connectivity index (χ0n) is 11.0. The van der Waals surface area contributed by atoms with Gasteiger partial charge >= 0.3 is 0 Å². The Balaban J connectivity index is 1.65. The predicted octanol–water partition coefficient (Wildman–Crippen LogP) is 4.03. The van der Waals surface area contributed by atoms with E-state index < -0.39 is 0 Å². The molecule has 1 aromatic heterocycles. The maximum atomic E-state index is 5.76. The quantitative estimate of drug-likeness (QED) is 0.683. The second-order valence-electron chi connectivity index (χ2n) is 4.73. The van der Waals surface area contributed by atoms with Gasteiger partial charge in [-0.2, -0.15) is 0 Å². The van der Waals surface area contributed by atoms with Crippen molar-refractivity contribution in [1.82, 2.24) is 4.57 Å². The first-order valence-corrected chi connectivity index (χ1v) is 6.56. The van der Waals surface area contributed by atoms with Crippen LogP contribution in [0.3, 0.4) is 0 Å². The van der Waals surface area contributed by atoms with Crippen molar-refractivity contribution in [2.45, 2.75) is 13.5 Å². The highest BCUT2D eigenvalue weighted by Gasteiger charge is 2.00. The van der Waals surface area contributed by atoms with E-state index in [1.165, 1.54) is 16.5 Å². The van der Waals surface area contributed by atoms with Gasteiger partial charge in [-0.15, -0.1) is 0 Å². The normalized spacial score (nSPS) is 10.8. The molecular formula is C17H17NO. The minimum atomic E-state index is 0.682. The zero-order valence-corrected chi connectivity index (χ0v) is 11.0. The number of para-hydroxylation sites is 1. The molecule has 0 unspecified atom stereocenters. The Kier molecular flexibility index (Phi) is 3.23. The molecule has 0 amide bonds. The monoisotopic (exact) mass is 251 g/mol. The van der Waals surface area contributed by atoms with E-state index in [9.17, 15) is 0 Å². The van der Waals surface area contributed by atoms with Crippen molar-refractivity contribution in [2.75, 3.05) is 6.61 Å². The molecule has 0 atom stereocenters. The molecule has 2 nitrogen and oxygen atoms in total. The molecule has 19 heavy (non-hydrogen) atoms. The lowest BCUT2D eigenvalue weighted by Gasteiger charge is -2.08. The Morgan fingerprint density at radius 3 is 2.58 bits per heavy atom. The molecule has 3 aromatic rings. The number of hydrogen-bond donors (Lipinski definition) is 0. The molecule has 0 spiro atoms. The van der Waals surface area contributed by atoms with Crippen LogP contribution in [0.2, 0.25) is 0 Å². The van der Waals surface area contributed by atoms with E-state index in [0.717, 1.165) is 12.3 Å². The highest BCUT2D eigenvalue weighted by molar-refractivity contribution is 5.79. The molecule has 0 radical (unpaired) electrons. The smallest absolute Gasteiger partial charge is 0.119 e. The average molecular weight is 251 g/mol. The third kappa shape index (κ3) is 2.63. The third-order valence-electron chi connectivity index (χ3n) is 3.30. The Morgan fingerprint density at radius 2 is 1.74 bits per heavy atom. The van der Waals surface area contributed by atoms with Gasteiger partial charge in [0, 0.05) is 11.7 Å². The van der Waals surface area contributed by atoms with E-state index in [4.69, 9.17) is 4.74 Å². The molecule has 0 bridgehead atoms. The maximum absolute atomic E-state index is 5.76. The van der Waals surface area contributed by atoms with Crippen molar-refractivity contribution in [1.29, 1.82) is 0 Å². The second kappa shape index (κ2) is 5.19. The Hall–Kier alpha value is -2.22. The van der Waals surface area contributed by atoms with Crippen molar-refractivity contribution in [3.05, 3.63) is 66.4 Å². The summed E-state index contributed by atoms with van der Waals surface area (Å²) < 4.78 is 7.99. The maximum Gasteiger partial charge on any atom is 0.119 e. The molecule has 96 valence electrons. The van der Waals surface area contributed by atoms with Crippen molar-refractivity contribution in [3.63, 3.8) is 0 Å². The molecule has 3 rings (SSSR count). The summed E-state index contributed by atoms with van der Waals surface area (Å²) in [5.74, 6) is 0.932. The summed E-state index contributed by atoms with van der Waals surface area (Å²) in [5.41, 5.74) is 2.51. The summed E-state index contributed by atoms with van der Waals surface area (Å²) in [4.78, 5) is 0. The van der Waals surface area contributed by atoms with E-state index >= 15 is 0 Å². The largest absolute Gasteiger partial charge is 0.492 e. The first kappa shape index (κ1) is 11.8. The van der Waals surface area contributed by atoms with Gasteiger partial charge in [0.15, 0.2) is 0 Å². The lowest BCUT2D eigenvalue weighted by Crippen LogP contribution is -2.07. The summed E-state index contributed by atoms with van der Waals surface area (Å²) >= 11 is 0. The lowest BCUT2D eigenvalue weighted by molar-refractivity contribution is 0.300. The molecule has 2 heteroatoms. The SMILES string of the molecule is Cc1ccc(OCCn2ccc3ccccc32)cc1. The van der Waals surface area contributed by atoms with Gasteiger partial charge < -0.3 is 9.30 Å². The van der Waals surface area contributed by atoms with E-state index in [-0.39, 0.29) is 0 Å². The van der Waals surface area contributed by atoms with Gasteiger partial charge in [-0.1, -0.05) is 35.9 Å². The summed E-state index contributed by atoms with van der Waals surface area (Å²) in [7, 11) is 0. The summed E-state index contributed by atoms with van der Waals surface area (Å²) in [6.07, 6.45) is 2.11. The molecule has 0 aliphatic carbocycles. The van der Waals surface area contributed by atoms with Gasteiger partial charge in [0.25, 0.3) is 0 Å². The van der Waals surface area contributed by atoms with Crippen LogP contribution in [0.15, 0.2) is 60.8 Å². The van der Waals surface area contributed by atoms with Crippen LogP contribution in [-0.2, 0) is 6.54 Å². The topological polar surface area (TPSA) is 14.2 Å². The molecule has 0 N–H and O–H groups in total. The molecule has 0 saturated carbocycles. The summed E-state index contributed by atoms with van der Waals surface area (Å²) in [6, 6.07) is 18.7. The standard InChI is InChI=1S/C17H17NO/c1-14-6-8-16(9-7-14)19-13-12-18-11-10-15-4-2-3-5-17(15)18/h2-11H,12-13H2,1H3. The van der Waals surface area contributed by atoms with Gasteiger partial charge in [-0.3, -0.25) is 0 Å². The van der Waals surface area contributed by atoms with Crippen molar-refractivity contribution in [3.8, 4) is 5.75 Å². The average Bonchev–Trinajstić information content (AvgIpc) is 2.85. The Morgan fingerprint density at radius 1 is 0.947 bits per heavy atom. The molecule has 2 aromatic carbocycles. The number of aromatic nitrogens is 1. The first-order chi connectivity index (χ1) is 9.33. The first-order valence-electron chi connectivity index (χ1n) is 6.56. The van der Waals surface area contributed by atoms with Gasteiger partial charge in [-0.05, 0) is 36.6 Å². The third-order valence-corrected chi connectivity index (χ3v) is 3.30. The molecule has 0 aliphatic rings. The van der Waals surface area contributed by atoms with Crippen LogP contribution in [0.1, 0.15) is 5.56 Å². The highest BCUT2D eigenvalue weighted by atomic mass is 16.5. The van der Waals surface area contributed by atoms with Crippen LogP contribution < -0.4 is 4.74 Å². The summed E-state index contributed by atoms with van der Waals surface area (Å²) in [5, 5.41) is 1.28. The minimum absolute atomic E-state index is 0.682. The number of ether oxygens (including phenoxy) is 1. The number of benzene rings is 2. The molecule has 0 fully saturated rings. The summed E-state index contributed by atoms with van der Waals surface area (Å²) in [6.45, 7) is 3.62. The van der Waals surface area contributed by atoms with Crippen LogP contribution in [0.4, 0.5) is 0 Å². The van der Waals surface area contributed by atoms with Gasteiger partial charge in [0.1, 0.15) is 12.4 Å². The molecule has 0 saturated heterocycles. The fraction of sp³-hybridized carbons (Fsp3) is 0.176. The lowest BCUT2D eigenvalue weighted by atomic mass is 10.2. The van der Waals surface area contributed by atoms with E-state index in [0.29, 0.717) is 6.61 Å². The molecular weight excluding hydrogens is 234 g/mol. The number of rotatable bonds is 4. The van der Waals surface area contributed by atoms with Crippen LogP contribution in [0.5, 0.6) is 5.75 Å². The van der Waals surface area contributed by atoms with Crippen LogP contribution in [0, 0.1) is 6.92 Å². The van der Waals surface area contributed by atoms with Crippen molar-refractivity contribution in [2.24, 2.45) is 0 Å². The second-order valence-corrected chi connectivity index (χ2v) is 4.73. The fourth-order valence-electron chi connectivity index (χ4n) is 2.23. The molecule has 0 aliphatic heterocycles. The number of fused-ring (bicyclic) bond motifs is 1. The van der Waals surface area contributed by atoms with Crippen molar-refractivity contribution < 1.29 is 4.74 Å². The Bertz CT molecular complexity index is 667. The van der Waals surface area contributed by atoms with Crippen LogP contribution >= 0.6 is 0 Å². The van der Waals surface area contributed by atoms with Gasteiger partial charge in [0.2, 0.25) is 0 Å². The van der Waals surface area contributed by atoms with Crippen LogP contribution in [-0.4, -0.2) is 11.2 Å². The van der Waals surface area contributed by atoms with E-state index in [1.54, 1.807) is 0 Å². The van der Waals surface area contributed by atoms with E-state index in [1.807, 2.05) is 12.1 Å².